The Balaban J connectivity index is 2.02. The van der Waals surface area contributed by atoms with Crippen LogP contribution in [0, 0.1) is 13.8 Å². The molecule has 24 heavy (non-hydrogen) atoms. The van der Waals surface area contributed by atoms with Crippen LogP contribution < -0.4 is 15.4 Å². The van der Waals surface area contributed by atoms with Crippen LogP contribution in [-0.4, -0.2) is 28.4 Å². The zero-order valence-corrected chi connectivity index (χ0v) is 14.9. The van der Waals surface area contributed by atoms with Gasteiger partial charge in [-0.2, -0.15) is 0 Å². The first kappa shape index (κ1) is 17.9. The van der Waals surface area contributed by atoms with Gasteiger partial charge >= 0.3 is 11.8 Å². The number of amides is 2. The highest BCUT2D eigenvalue weighted by atomic mass is 32.1. The van der Waals surface area contributed by atoms with Gasteiger partial charge in [-0.1, -0.05) is 0 Å². The smallest absolute Gasteiger partial charge is 0.313 e. The fraction of sp³-hybridized carbons (Fsp3) is 0.375. The van der Waals surface area contributed by atoms with E-state index in [4.69, 9.17) is 4.74 Å². The number of nitrogens with one attached hydrogen (secondary N) is 2. The van der Waals surface area contributed by atoms with E-state index in [1.54, 1.807) is 18.3 Å². The van der Waals surface area contributed by atoms with E-state index in [-0.39, 0.29) is 11.9 Å². The number of aryl methyl sites for hydroxylation is 2. The highest BCUT2D eigenvalue weighted by molar-refractivity contribution is 7.11. The number of pyridine rings is 1. The summed E-state index contributed by atoms with van der Waals surface area (Å²) in [5, 5.41) is 6.12. The van der Waals surface area contributed by atoms with E-state index < -0.39 is 11.8 Å². The molecule has 2 amide bonds. The molecule has 2 rings (SSSR count). The third-order valence-corrected chi connectivity index (χ3v) is 4.44. The first-order valence-electron chi connectivity index (χ1n) is 7.56. The SMILES string of the molecule is CCOc1ncccc1NC(=O)C(=O)N[C@H](C)c1sc(C)nc1C. The number of hydrogen-bond donors (Lipinski definition) is 2. The van der Waals surface area contributed by atoms with E-state index in [0.717, 1.165) is 15.6 Å². The molecule has 0 aliphatic carbocycles. The number of thiazole rings is 1. The third kappa shape index (κ3) is 4.29. The number of anilines is 1. The van der Waals surface area contributed by atoms with Crippen molar-refractivity contribution in [3.05, 3.63) is 33.9 Å². The number of aromatic nitrogens is 2. The van der Waals surface area contributed by atoms with Crippen LogP contribution in [0.1, 0.15) is 35.5 Å². The van der Waals surface area contributed by atoms with Crippen LogP contribution in [0.25, 0.3) is 0 Å². The van der Waals surface area contributed by atoms with Gasteiger partial charge in [-0.05, 0) is 39.8 Å². The van der Waals surface area contributed by atoms with Crippen molar-refractivity contribution in [1.82, 2.24) is 15.3 Å². The summed E-state index contributed by atoms with van der Waals surface area (Å²) in [6.07, 6.45) is 1.55. The Hall–Kier alpha value is -2.48. The first-order valence-corrected chi connectivity index (χ1v) is 8.37. The van der Waals surface area contributed by atoms with E-state index in [1.807, 2.05) is 27.7 Å². The molecule has 0 saturated carbocycles. The van der Waals surface area contributed by atoms with Gasteiger partial charge in [-0.25, -0.2) is 9.97 Å². The second-order valence-corrected chi connectivity index (χ2v) is 6.36. The Bertz CT molecular complexity index is 745. The summed E-state index contributed by atoms with van der Waals surface area (Å²) in [7, 11) is 0. The van der Waals surface area contributed by atoms with Crippen molar-refractivity contribution in [2.24, 2.45) is 0 Å². The molecule has 0 aliphatic rings. The topological polar surface area (TPSA) is 93.2 Å². The van der Waals surface area contributed by atoms with Crippen LogP contribution in [0.5, 0.6) is 5.88 Å². The minimum absolute atomic E-state index is 0.281. The van der Waals surface area contributed by atoms with Crippen molar-refractivity contribution in [2.75, 3.05) is 11.9 Å². The molecule has 0 fully saturated rings. The molecule has 1 atom stereocenters. The summed E-state index contributed by atoms with van der Waals surface area (Å²) in [5.74, 6) is -1.21. The molecule has 0 bridgehead atoms. The minimum Gasteiger partial charge on any atom is -0.476 e. The molecule has 7 nitrogen and oxygen atoms in total. The molecule has 0 aromatic carbocycles. The number of rotatable bonds is 5. The van der Waals surface area contributed by atoms with Crippen molar-refractivity contribution in [3.8, 4) is 5.88 Å². The average molecular weight is 348 g/mol. The van der Waals surface area contributed by atoms with Gasteiger partial charge in [0.25, 0.3) is 0 Å². The first-order chi connectivity index (χ1) is 11.4. The molecule has 0 aliphatic heterocycles. The summed E-state index contributed by atoms with van der Waals surface area (Å²) < 4.78 is 5.32. The maximum atomic E-state index is 12.1. The fourth-order valence-corrected chi connectivity index (χ4v) is 3.12. The highest BCUT2D eigenvalue weighted by Crippen LogP contribution is 2.24. The third-order valence-electron chi connectivity index (χ3n) is 3.19. The molecule has 2 aromatic rings. The predicted octanol–water partition coefficient (Wildman–Crippen LogP) is 2.37. The van der Waals surface area contributed by atoms with E-state index in [0.29, 0.717) is 12.3 Å². The van der Waals surface area contributed by atoms with Gasteiger partial charge in [0.1, 0.15) is 5.69 Å². The Morgan fingerprint density at radius 1 is 1.33 bits per heavy atom. The Labute approximate surface area is 144 Å². The lowest BCUT2D eigenvalue weighted by Crippen LogP contribution is -2.37. The maximum absolute atomic E-state index is 12.1. The van der Waals surface area contributed by atoms with Gasteiger partial charge < -0.3 is 15.4 Å². The molecule has 8 heteroatoms. The Kier molecular flexibility index (Phi) is 5.86. The lowest BCUT2D eigenvalue weighted by atomic mass is 10.2. The molecule has 0 radical (unpaired) electrons. The zero-order chi connectivity index (χ0) is 17.7. The van der Waals surface area contributed by atoms with Gasteiger partial charge in [0, 0.05) is 11.1 Å². The molecule has 0 unspecified atom stereocenters. The second-order valence-electron chi connectivity index (χ2n) is 5.12. The number of carbonyl (C=O) groups excluding carboxylic acids is 2. The van der Waals surface area contributed by atoms with E-state index in [1.165, 1.54) is 11.3 Å². The summed E-state index contributed by atoms with van der Waals surface area (Å²) in [4.78, 5) is 33.5. The molecule has 2 aromatic heterocycles. The summed E-state index contributed by atoms with van der Waals surface area (Å²) in [6, 6.07) is 2.99. The van der Waals surface area contributed by atoms with Crippen LogP contribution in [0.3, 0.4) is 0 Å². The molecular weight excluding hydrogens is 328 g/mol. The molecular formula is C16H20N4O3S. The van der Waals surface area contributed by atoms with Gasteiger partial charge in [-0.3, -0.25) is 9.59 Å². The maximum Gasteiger partial charge on any atom is 0.313 e. The average Bonchev–Trinajstić information content (AvgIpc) is 2.88. The van der Waals surface area contributed by atoms with E-state index >= 15 is 0 Å². The molecule has 0 spiro atoms. The summed E-state index contributed by atoms with van der Waals surface area (Å²) in [5.41, 5.74) is 1.22. The number of ether oxygens (including phenoxy) is 1. The monoisotopic (exact) mass is 348 g/mol. The summed E-state index contributed by atoms with van der Waals surface area (Å²) in [6.45, 7) is 7.83. The number of nitrogens with zero attached hydrogens (tertiary/aromatic N) is 2. The standard InChI is InChI=1S/C16H20N4O3S/c1-5-23-16-12(7-6-8-17-16)20-15(22)14(21)19-10(3)13-9(2)18-11(4)24-13/h6-8,10H,5H2,1-4H3,(H,19,21)(H,20,22)/t10-/m1/s1. The fourth-order valence-electron chi connectivity index (χ4n) is 2.19. The molecule has 0 saturated heterocycles. The number of hydrogen-bond acceptors (Lipinski definition) is 6. The predicted molar refractivity (Wildman–Crippen MR) is 92.2 cm³/mol. The lowest BCUT2D eigenvalue weighted by molar-refractivity contribution is -0.136. The lowest BCUT2D eigenvalue weighted by Gasteiger charge is -2.13. The van der Waals surface area contributed by atoms with Crippen molar-refractivity contribution in [2.45, 2.75) is 33.7 Å². The van der Waals surface area contributed by atoms with Crippen LogP contribution in [0.15, 0.2) is 18.3 Å². The molecule has 2 N–H and O–H groups in total. The number of carbonyl (C=O) groups is 2. The van der Waals surface area contributed by atoms with Gasteiger partial charge in [0.05, 0.1) is 23.4 Å². The second kappa shape index (κ2) is 7.87. The Morgan fingerprint density at radius 3 is 2.71 bits per heavy atom. The highest BCUT2D eigenvalue weighted by Gasteiger charge is 2.21. The van der Waals surface area contributed by atoms with Crippen LogP contribution >= 0.6 is 11.3 Å². The largest absolute Gasteiger partial charge is 0.476 e. The quantitative estimate of drug-likeness (QED) is 0.809. The van der Waals surface area contributed by atoms with Crippen LogP contribution in [-0.2, 0) is 9.59 Å². The summed E-state index contributed by atoms with van der Waals surface area (Å²) >= 11 is 1.50. The molecule has 128 valence electrons. The van der Waals surface area contributed by atoms with Gasteiger partial charge in [0.2, 0.25) is 5.88 Å². The Morgan fingerprint density at radius 2 is 2.08 bits per heavy atom. The normalized spacial score (nSPS) is 11.7. The van der Waals surface area contributed by atoms with Crippen molar-refractivity contribution >= 4 is 28.8 Å². The van der Waals surface area contributed by atoms with Crippen molar-refractivity contribution in [1.29, 1.82) is 0 Å². The molecule has 2 heterocycles. The van der Waals surface area contributed by atoms with Crippen LogP contribution in [0.4, 0.5) is 5.69 Å². The van der Waals surface area contributed by atoms with Crippen molar-refractivity contribution in [3.63, 3.8) is 0 Å². The minimum atomic E-state index is -0.769. The van der Waals surface area contributed by atoms with Gasteiger partial charge in [-0.15, -0.1) is 11.3 Å². The van der Waals surface area contributed by atoms with Crippen LogP contribution in [0.2, 0.25) is 0 Å². The van der Waals surface area contributed by atoms with E-state index in [2.05, 4.69) is 20.6 Å². The zero-order valence-electron chi connectivity index (χ0n) is 14.0. The van der Waals surface area contributed by atoms with E-state index in [9.17, 15) is 9.59 Å². The van der Waals surface area contributed by atoms with Gasteiger partial charge in [0.15, 0.2) is 0 Å². The van der Waals surface area contributed by atoms with Crippen molar-refractivity contribution < 1.29 is 14.3 Å².